The Kier molecular flexibility index (Phi) is 3.62. The molecule has 0 amide bonds. The maximum absolute atomic E-state index is 13.0. The number of hydrogen-bond acceptors (Lipinski definition) is 0. The van der Waals surface area contributed by atoms with Gasteiger partial charge in [-0.3, -0.25) is 0 Å². The predicted molar refractivity (Wildman–Crippen MR) is 43.9 cm³/mol. The van der Waals surface area contributed by atoms with Crippen LogP contribution in [0.1, 0.15) is 40.5 Å². The molecule has 0 rings (SSSR count). The van der Waals surface area contributed by atoms with Gasteiger partial charge in [-0.05, 0) is 27.2 Å². The third kappa shape index (κ3) is 4.54. The fourth-order valence-corrected chi connectivity index (χ4v) is 0.971. The van der Waals surface area contributed by atoms with Crippen LogP contribution in [0.15, 0.2) is 11.6 Å². The van der Waals surface area contributed by atoms with Gasteiger partial charge in [0.1, 0.15) is 5.67 Å². The van der Waals surface area contributed by atoms with Crippen molar-refractivity contribution in [2.45, 2.75) is 46.2 Å². The van der Waals surface area contributed by atoms with Gasteiger partial charge in [0.05, 0.1) is 0 Å². The van der Waals surface area contributed by atoms with Gasteiger partial charge in [0.2, 0.25) is 0 Å². The van der Waals surface area contributed by atoms with Crippen molar-refractivity contribution in [3.8, 4) is 0 Å². The third-order valence-electron chi connectivity index (χ3n) is 1.51. The van der Waals surface area contributed by atoms with E-state index in [1.54, 1.807) is 13.8 Å². The lowest BCUT2D eigenvalue weighted by Gasteiger charge is -2.14. The lowest BCUT2D eigenvalue weighted by molar-refractivity contribution is 0.215. The van der Waals surface area contributed by atoms with Gasteiger partial charge in [-0.15, -0.1) is 0 Å². The minimum Gasteiger partial charge on any atom is -0.244 e. The molecule has 0 heterocycles. The minimum absolute atomic E-state index is 0.569. The maximum atomic E-state index is 13.0. The van der Waals surface area contributed by atoms with Crippen LogP contribution in [0.2, 0.25) is 0 Å². The summed E-state index contributed by atoms with van der Waals surface area (Å²) >= 11 is 0. The molecule has 0 fully saturated rings. The van der Waals surface area contributed by atoms with E-state index in [2.05, 4.69) is 6.92 Å². The molecule has 0 saturated carbocycles. The lowest BCUT2D eigenvalue weighted by Crippen LogP contribution is -2.12. The van der Waals surface area contributed by atoms with Crippen LogP contribution >= 0.6 is 0 Å². The van der Waals surface area contributed by atoms with Crippen molar-refractivity contribution < 1.29 is 4.39 Å². The molecule has 60 valence electrons. The SMILES string of the molecule is C/C=C(/CC)CC(C)(C)F. The lowest BCUT2D eigenvalue weighted by atomic mass is 9.98. The van der Waals surface area contributed by atoms with Crippen LogP contribution in [0.5, 0.6) is 0 Å². The monoisotopic (exact) mass is 144 g/mol. The second-order valence-corrected chi connectivity index (χ2v) is 3.20. The van der Waals surface area contributed by atoms with Gasteiger partial charge in [0.25, 0.3) is 0 Å². The third-order valence-corrected chi connectivity index (χ3v) is 1.51. The zero-order chi connectivity index (χ0) is 8.20. The molecule has 0 aromatic heterocycles. The van der Waals surface area contributed by atoms with Gasteiger partial charge in [-0.25, -0.2) is 4.39 Å². The van der Waals surface area contributed by atoms with Crippen LogP contribution in [0.3, 0.4) is 0 Å². The first kappa shape index (κ1) is 9.67. The Balaban J connectivity index is 3.88. The molecule has 0 bridgehead atoms. The van der Waals surface area contributed by atoms with Crippen LogP contribution in [0.25, 0.3) is 0 Å². The number of rotatable bonds is 3. The second-order valence-electron chi connectivity index (χ2n) is 3.20. The molecule has 0 aliphatic heterocycles. The first-order valence-corrected chi connectivity index (χ1v) is 3.82. The van der Waals surface area contributed by atoms with E-state index < -0.39 is 5.67 Å². The van der Waals surface area contributed by atoms with Gasteiger partial charge in [0, 0.05) is 6.42 Å². The second kappa shape index (κ2) is 3.75. The molecule has 1 heteroatoms. The standard InChI is InChI=1S/C9H17F/c1-5-8(6-2)7-9(3,4)10/h5H,6-7H2,1-4H3/b8-5-. The Morgan fingerprint density at radius 1 is 1.50 bits per heavy atom. The van der Waals surface area contributed by atoms with E-state index in [-0.39, 0.29) is 0 Å². The molecular formula is C9H17F. The van der Waals surface area contributed by atoms with Crippen molar-refractivity contribution in [2.24, 2.45) is 0 Å². The number of halogens is 1. The largest absolute Gasteiger partial charge is 0.244 e. The number of allylic oxidation sites excluding steroid dienone is 2. The maximum Gasteiger partial charge on any atom is 0.109 e. The molecule has 0 aromatic carbocycles. The summed E-state index contributed by atoms with van der Waals surface area (Å²) in [5.74, 6) is 0. The zero-order valence-electron chi connectivity index (χ0n) is 7.37. The summed E-state index contributed by atoms with van der Waals surface area (Å²) in [6.45, 7) is 7.25. The summed E-state index contributed by atoms with van der Waals surface area (Å²) in [5, 5.41) is 0. The van der Waals surface area contributed by atoms with Crippen molar-refractivity contribution in [2.75, 3.05) is 0 Å². The molecule has 0 aromatic rings. The highest BCUT2D eigenvalue weighted by Crippen LogP contribution is 2.21. The average Bonchev–Trinajstić information content (AvgIpc) is 1.81. The first-order chi connectivity index (χ1) is 4.49. The minimum atomic E-state index is -1.04. The molecule has 0 unspecified atom stereocenters. The van der Waals surface area contributed by atoms with Crippen molar-refractivity contribution in [1.29, 1.82) is 0 Å². The van der Waals surface area contributed by atoms with Crippen LogP contribution in [0, 0.1) is 0 Å². The summed E-state index contributed by atoms with van der Waals surface area (Å²) in [5.41, 5.74) is 0.158. The fourth-order valence-electron chi connectivity index (χ4n) is 0.971. The molecule has 0 N–H and O–H groups in total. The van der Waals surface area contributed by atoms with Crippen molar-refractivity contribution >= 4 is 0 Å². The Labute approximate surface area is 63.1 Å². The topological polar surface area (TPSA) is 0 Å². The number of alkyl halides is 1. The van der Waals surface area contributed by atoms with Crippen molar-refractivity contribution in [3.05, 3.63) is 11.6 Å². The molecule has 0 aliphatic rings. The van der Waals surface area contributed by atoms with Crippen molar-refractivity contribution in [1.82, 2.24) is 0 Å². The predicted octanol–water partition coefficient (Wildman–Crippen LogP) is 3.48. The van der Waals surface area contributed by atoms with Gasteiger partial charge in [-0.1, -0.05) is 18.6 Å². The highest BCUT2D eigenvalue weighted by atomic mass is 19.1. The molecule has 0 atom stereocenters. The van der Waals surface area contributed by atoms with Gasteiger partial charge >= 0.3 is 0 Å². The highest BCUT2D eigenvalue weighted by molar-refractivity contribution is 5.02. The Morgan fingerprint density at radius 2 is 2.00 bits per heavy atom. The summed E-state index contributed by atoms with van der Waals surface area (Å²) < 4.78 is 13.0. The van der Waals surface area contributed by atoms with E-state index in [0.29, 0.717) is 6.42 Å². The molecule has 0 spiro atoms. The normalized spacial score (nSPS) is 13.9. The van der Waals surface area contributed by atoms with Gasteiger partial charge in [-0.2, -0.15) is 0 Å². The first-order valence-electron chi connectivity index (χ1n) is 3.82. The zero-order valence-corrected chi connectivity index (χ0v) is 7.37. The number of hydrogen-bond donors (Lipinski definition) is 0. The Bertz CT molecular complexity index is 117. The molecule has 0 saturated heterocycles. The molecule has 10 heavy (non-hydrogen) atoms. The van der Waals surface area contributed by atoms with E-state index in [1.165, 1.54) is 5.57 Å². The smallest absolute Gasteiger partial charge is 0.109 e. The molecule has 0 radical (unpaired) electrons. The van der Waals surface area contributed by atoms with E-state index in [9.17, 15) is 4.39 Å². The summed E-state index contributed by atoms with van der Waals surface area (Å²) in [6, 6.07) is 0. The van der Waals surface area contributed by atoms with E-state index in [4.69, 9.17) is 0 Å². The van der Waals surface area contributed by atoms with E-state index in [1.807, 2.05) is 13.0 Å². The summed E-state index contributed by atoms with van der Waals surface area (Å²) in [4.78, 5) is 0. The molecule has 0 nitrogen and oxygen atoms in total. The highest BCUT2D eigenvalue weighted by Gasteiger charge is 2.15. The Morgan fingerprint density at radius 3 is 2.10 bits per heavy atom. The van der Waals surface area contributed by atoms with Gasteiger partial charge in [0.15, 0.2) is 0 Å². The summed E-state index contributed by atoms with van der Waals surface area (Å²) in [7, 11) is 0. The summed E-state index contributed by atoms with van der Waals surface area (Å²) in [6.07, 6.45) is 3.53. The van der Waals surface area contributed by atoms with Crippen LogP contribution in [0.4, 0.5) is 4.39 Å². The quantitative estimate of drug-likeness (QED) is 0.532. The molecule has 0 aliphatic carbocycles. The van der Waals surface area contributed by atoms with Gasteiger partial charge < -0.3 is 0 Å². The fraction of sp³-hybridized carbons (Fsp3) is 0.778. The van der Waals surface area contributed by atoms with Crippen LogP contribution < -0.4 is 0 Å². The van der Waals surface area contributed by atoms with Crippen molar-refractivity contribution in [3.63, 3.8) is 0 Å². The van der Waals surface area contributed by atoms with E-state index >= 15 is 0 Å². The van der Waals surface area contributed by atoms with Crippen LogP contribution in [-0.2, 0) is 0 Å². The van der Waals surface area contributed by atoms with Crippen LogP contribution in [-0.4, -0.2) is 5.67 Å². The molecular weight excluding hydrogens is 127 g/mol. The average molecular weight is 144 g/mol. The van der Waals surface area contributed by atoms with E-state index in [0.717, 1.165) is 6.42 Å². The Hall–Kier alpha value is -0.330.